The number of benzene rings is 2. The van der Waals surface area contributed by atoms with E-state index in [9.17, 15) is 14.0 Å². The first kappa shape index (κ1) is 18.9. The van der Waals surface area contributed by atoms with Crippen molar-refractivity contribution >= 4 is 17.6 Å². The van der Waals surface area contributed by atoms with Crippen LogP contribution in [0.2, 0.25) is 0 Å². The van der Waals surface area contributed by atoms with Gasteiger partial charge in [0, 0.05) is 11.8 Å². The Bertz CT molecular complexity index is 813. The van der Waals surface area contributed by atoms with Crippen LogP contribution in [0.3, 0.4) is 0 Å². The van der Waals surface area contributed by atoms with Gasteiger partial charge in [-0.25, -0.2) is 4.39 Å². The number of hydrogen-bond acceptors (Lipinski definition) is 4. The molecule has 1 amide bonds. The van der Waals surface area contributed by atoms with E-state index in [1.807, 2.05) is 0 Å². The molecule has 1 aliphatic rings. The smallest absolute Gasteiger partial charge is 0.317 e. The molecule has 0 atom stereocenters. The number of carbonyl (C=O) groups excluding carboxylic acids is 2. The first-order chi connectivity index (χ1) is 13.0. The minimum absolute atomic E-state index is 0.349. The summed E-state index contributed by atoms with van der Waals surface area (Å²) in [7, 11) is 1.54. The number of hydrogen-bond donors (Lipinski definition) is 1. The summed E-state index contributed by atoms with van der Waals surface area (Å²) in [6.45, 7) is -0.376. The lowest BCUT2D eigenvalue weighted by Gasteiger charge is -2.27. The van der Waals surface area contributed by atoms with Crippen LogP contribution in [0.4, 0.5) is 10.1 Å². The van der Waals surface area contributed by atoms with Gasteiger partial charge in [0.1, 0.15) is 11.6 Å². The highest BCUT2D eigenvalue weighted by molar-refractivity contribution is 5.94. The van der Waals surface area contributed by atoms with Crippen LogP contribution in [-0.4, -0.2) is 25.6 Å². The molecule has 0 radical (unpaired) electrons. The van der Waals surface area contributed by atoms with E-state index in [2.05, 4.69) is 5.32 Å². The van der Waals surface area contributed by atoms with Crippen molar-refractivity contribution in [2.45, 2.75) is 31.1 Å². The molecular weight excluding hydrogens is 349 g/mol. The lowest BCUT2D eigenvalue weighted by atomic mass is 9.79. The van der Waals surface area contributed by atoms with Crippen molar-refractivity contribution in [2.24, 2.45) is 0 Å². The summed E-state index contributed by atoms with van der Waals surface area (Å²) in [5.41, 5.74) is 0.494. The number of methoxy groups -OCH3 is 1. The first-order valence-electron chi connectivity index (χ1n) is 8.91. The molecule has 1 saturated carbocycles. The van der Waals surface area contributed by atoms with Gasteiger partial charge >= 0.3 is 5.97 Å². The van der Waals surface area contributed by atoms with E-state index in [0.29, 0.717) is 24.3 Å². The summed E-state index contributed by atoms with van der Waals surface area (Å²) in [6, 6.07) is 12.9. The molecule has 0 spiro atoms. The van der Waals surface area contributed by atoms with Gasteiger partial charge in [-0.2, -0.15) is 0 Å². The summed E-state index contributed by atoms with van der Waals surface area (Å²) >= 11 is 0. The van der Waals surface area contributed by atoms with Crippen LogP contribution in [0.1, 0.15) is 31.2 Å². The lowest BCUT2D eigenvalue weighted by molar-refractivity contribution is -0.153. The lowest BCUT2D eigenvalue weighted by Crippen LogP contribution is -2.36. The van der Waals surface area contributed by atoms with Crippen LogP contribution in [0.15, 0.2) is 48.5 Å². The van der Waals surface area contributed by atoms with Crippen molar-refractivity contribution in [2.75, 3.05) is 19.0 Å². The maximum absolute atomic E-state index is 13.2. The maximum atomic E-state index is 13.2. The molecule has 5 nitrogen and oxygen atoms in total. The van der Waals surface area contributed by atoms with Gasteiger partial charge in [0.25, 0.3) is 5.91 Å². The molecule has 2 aromatic rings. The standard InChI is InChI=1S/C21H22FNO4/c1-26-18-6-4-5-17(13-18)23-19(24)14-27-20(25)21(11-2-3-12-21)15-7-9-16(22)10-8-15/h4-10,13H,2-3,11-12,14H2,1H3,(H,23,24). The fourth-order valence-corrected chi connectivity index (χ4v) is 3.53. The fraction of sp³-hybridized carbons (Fsp3) is 0.333. The summed E-state index contributed by atoms with van der Waals surface area (Å²) < 4.78 is 23.7. The third-order valence-electron chi connectivity index (χ3n) is 4.93. The molecule has 0 saturated heterocycles. The molecule has 1 N–H and O–H groups in total. The van der Waals surface area contributed by atoms with E-state index >= 15 is 0 Å². The predicted molar refractivity (Wildman–Crippen MR) is 99.1 cm³/mol. The second-order valence-corrected chi connectivity index (χ2v) is 6.65. The van der Waals surface area contributed by atoms with Gasteiger partial charge in [0.2, 0.25) is 0 Å². The number of nitrogens with one attached hydrogen (secondary N) is 1. The second-order valence-electron chi connectivity index (χ2n) is 6.65. The molecule has 0 aromatic heterocycles. The zero-order valence-electron chi connectivity index (χ0n) is 15.2. The predicted octanol–water partition coefficient (Wildman–Crippen LogP) is 3.83. The van der Waals surface area contributed by atoms with Crippen LogP contribution < -0.4 is 10.1 Å². The quantitative estimate of drug-likeness (QED) is 0.784. The Morgan fingerprint density at radius 1 is 1.11 bits per heavy atom. The summed E-state index contributed by atoms with van der Waals surface area (Å²) in [4.78, 5) is 24.9. The van der Waals surface area contributed by atoms with Crippen molar-refractivity contribution in [3.8, 4) is 5.75 Å². The van der Waals surface area contributed by atoms with Crippen molar-refractivity contribution < 1.29 is 23.5 Å². The van der Waals surface area contributed by atoms with Gasteiger partial charge in [0.05, 0.1) is 12.5 Å². The SMILES string of the molecule is COc1cccc(NC(=O)COC(=O)C2(c3ccc(F)cc3)CCCC2)c1. The molecular formula is C21H22FNO4. The van der Waals surface area contributed by atoms with E-state index < -0.39 is 17.3 Å². The molecule has 0 unspecified atom stereocenters. The topological polar surface area (TPSA) is 64.6 Å². The van der Waals surface area contributed by atoms with E-state index in [0.717, 1.165) is 18.4 Å². The van der Waals surface area contributed by atoms with Gasteiger partial charge in [-0.3, -0.25) is 9.59 Å². The van der Waals surface area contributed by atoms with E-state index in [1.165, 1.54) is 12.1 Å². The second kappa shape index (κ2) is 8.20. The highest BCUT2D eigenvalue weighted by Crippen LogP contribution is 2.42. The van der Waals surface area contributed by atoms with Crippen LogP contribution in [0.25, 0.3) is 0 Å². The van der Waals surface area contributed by atoms with Crippen molar-refractivity contribution in [1.82, 2.24) is 0 Å². The summed E-state index contributed by atoms with van der Waals surface area (Å²) in [5, 5.41) is 2.68. The molecule has 0 bridgehead atoms. The van der Waals surface area contributed by atoms with Gasteiger partial charge in [-0.05, 0) is 42.7 Å². The monoisotopic (exact) mass is 371 g/mol. The van der Waals surface area contributed by atoms with Gasteiger partial charge in [-0.15, -0.1) is 0 Å². The molecule has 27 heavy (non-hydrogen) atoms. The molecule has 142 valence electrons. The Labute approximate surface area is 157 Å². The average Bonchev–Trinajstić information content (AvgIpc) is 3.18. The van der Waals surface area contributed by atoms with Crippen LogP contribution in [0.5, 0.6) is 5.75 Å². The third-order valence-corrected chi connectivity index (χ3v) is 4.93. The molecule has 6 heteroatoms. The van der Waals surface area contributed by atoms with Gasteiger partial charge in [0.15, 0.2) is 6.61 Å². The number of halogens is 1. The van der Waals surface area contributed by atoms with Gasteiger partial charge < -0.3 is 14.8 Å². The highest BCUT2D eigenvalue weighted by Gasteiger charge is 2.44. The highest BCUT2D eigenvalue weighted by atomic mass is 19.1. The summed E-state index contributed by atoms with van der Waals surface area (Å²) in [6.07, 6.45) is 3.05. The maximum Gasteiger partial charge on any atom is 0.317 e. The molecule has 3 rings (SSSR count). The normalized spacial score (nSPS) is 15.2. The summed E-state index contributed by atoms with van der Waals surface area (Å²) in [5.74, 6) is -0.597. The van der Waals surface area contributed by atoms with Crippen molar-refractivity contribution in [3.63, 3.8) is 0 Å². The minimum atomic E-state index is -0.802. The van der Waals surface area contributed by atoms with E-state index in [-0.39, 0.29) is 12.4 Å². The van der Waals surface area contributed by atoms with Gasteiger partial charge in [-0.1, -0.05) is 31.0 Å². The zero-order chi connectivity index (χ0) is 19.3. The molecule has 1 aliphatic carbocycles. The number of amides is 1. The number of anilines is 1. The Morgan fingerprint density at radius 2 is 1.81 bits per heavy atom. The Hall–Kier alpha value is -2.89. The average molecular weight is 371 g/mol. The number of esters is 1. The van der Waals surface area contributed by atoms with Crippen molar-refractivity contribution in [1.29, 1.82) is 0 Å². The number of ether oxygens (including phenoxy) is 2. The fourth-order valence-electron chi connectivity index (χ4n) is 3.53. The van der Waals surface area contributed by atoms with Crippen LogP contribution in [-0.2, 0) is 19.7 Å². The molecule has 1 fully saturated rings. The molecule has 0 aliphatic heterocycles. The van der Waals surface area contributed by atoms with Crippen LogP contribution >= 0.6 is 0 Å². The molecule has 0 heterocycles. The largest absolute Gasteiger partial charge is 0.497 e. The Balaban J connectivity index is 1.64. The van der Waals surface area contributed by atoms with E-state index in [4.69, 9.17) is 9.47 Å². The Morgan fingerprint density at radius 3 is 2.48 bits per heavy atom. The number of carbonyl (C=O) groups is 2. The Kier molecular flexibility index (Phi) is 5.74. The molecule has 2 aromatic carbocycles. The minimum Gasteiger partial charge on any atom is -0.497 e. The van der Waals surface area contributed by atoms with E-state index in [1.54, 1.807) is 43.5 Å². The number of rotatable bonds is 6. The van der Waals surface area contributed by atoms with Crippen LogP contribution in [0, 0.1) is 5.82 Å². The first-order valence-corrected chi connectivity index (χ1v) is 8.91. The zero-order valence-corrected chi connectivity index (χ0v) is 15.2. The third kappa shape index (κ3) is 4.27. The van der Waals surface area contributed by atoms with Crippen molar-refractivity contribution in [3.05, 3.63) is 59.9 Å².